The van der Waals surface area contributed by atoms with Crippen LogP contribution in [-0.2, 0) is 12.8 Å². The molecule has 3 aliphatic rings. The van der Waals surface area contributed by atoms with Crippen LogP contribution >= 0.6 is 0 Å². The number of rotatable bonds is 3. The molecule has 1 aromatic heterocycles. The van der Waals surface area contributed by atoms with E-state index in [1.54, 1.807) is 24.3 Å². The van der Waals surface area contributed by atoms with Gasteiger partial charge in [0, 0.05) is 69.2 Å². The average molecular weight is 407 g/mol. The van der Waals surface area contributed by atoms with Crippen molar-refractivity contribution in [3.8, 4) is 0 Å². The number of piperazine rings is 1. The number of hydrogen-bond donors (Lipinski definition) is 1. The Morgan fingerprint density at radius 2 is 1.70 bits per heavy atom. The van der Waals surface area contributed by atoms with Crippen LogP contribution in [0, 0.1) is 0 Å². The Bertz CT molecular complexity index is 902. The molecule has 0 bridgehead atoms. The lowest BCUT2D eigenvalue weighted by atomic mass is 9.91. The van der Waals surface area contributed by atoms with Gasteiger partial charge >= 0.3 is 0 Å². The van der Waals surface area contributed by atoms with E-state index in [0.29, 0.717) is 24.3 Å². The zero-order chi connectivity index (χ0) is 20.5. The van der Waals surface area contributed by atoms with E-state index in [4.69, 9.17) is 10.7 Å². The molecule has 30 heavy (non-hydrogen) atoms. The van der Waals surface area contributed by atoms with Gasteiger partial charge in [-0.1, -0.05) is 6.42 Å². The first kappa shape index (κ1) is 19.3. The SMILES string of the molecule is Nc1ccc(C(=O)N2CCc3cnc(N4CCN(C5CCC5)CC4)nc3CC2)cc1. The predicted molar refractivity (Wildman–Crippen MR) is 118 cm³/mol. The third kappa shape index (κ3) is 3.86. The molecule has 2 fully saturated rings. The Morgan fingerprint density at radius 3 is 2.40 bits per heavy atom. The van der Waals surface area contributed by atoms with Crippen LogP contribution in [0.1, 0.15) is 40.9 Å². The number of carbonyl (C=O) groups is 1. The van der Waals surface area contributed by atoms with Gasteiger partial charge in [0.2, 0.25) is 5.95 Å². The van der Waals surface area contributed by atoms with E-state index < -0.39 is 0 Å². The molecule has 1 aliphatic carbocycles. The minimum atomic E-state index is 0.0584. The highest BCUT2D eigenvalue weighted by Crippen LogP contribution is 2.26. The Hall–Kier alpha value is -2.67. The number of amides is 1. The van der Waals surface area contributed by atoms with Gasteiger partial charge in [-0.05, 0) is 49.1 Å². The van der Waals surface area contributed by atoms with Crippen LogP contribution in [0.4, 0.5) is 11.6 Å². The maximum atomic E-state index is 12.9. The number of aromatic nitrogens is 2. The van der Waals surface area contributed by atoms with Gasteiger partial charge < -0.3 is 15.5 Å². The van der Waals surface area contributed by atoms with Crippen LogP contribution in [-0.4, -0.2) is 71.0 Å². The quantitative estimate of drug-likeness (QED) is 0.786. The van der Waals surface area contributed by atoms with Crippen molar-refractivity contribution in [2.24, 2.45) is 0 Å². The van der Waals surface area contributed by atoms with Crippen LogP contribution in [0.2, 0.25) is 0 Å². The topological polar surface area (TPSA) is 78.6 Å². The van der Waals surface area contributed by atoms with Gasteiger partial charge in [-0.2, -0.15) is 0 Å². The number of hydrogen-bond acceptors (Lipinski definition) is 6. The summed E-state index contributed by atoms with van der Waals surface area (Å²) in [6, 6.07) is 7.97. The third-order valence-corrected chi connectivity index (χ3v) is 6.84. The van der Waals surface area contributed by atoms with E-state index in [-0.39, 0.29) is 5.91 Å². The van der Waals surface area contributed by atoms with Crippen molar-refractivity contribution >= 4 is 17.5 Å². The summed E-state index contributed by atoms with van der Waals surface area (Å²) in [5, 5.41) is 0. The molecule has 0 unspecified atom stereocenters. The largest absolute Gasteiger partial charge is 0.399 e. The number of nitrogens with zero attached hydrogens (tertiary/aromatic N) is 5. The van der Waals surface area contributed by atoms with Crippen molar-refractivity contribution in [1.82, 2.24) is 19.8 Å². The molecule has 7 nitrogen and oxygen atoms in total. The summed E-state index contributed by atoms with van der Waals surface area (Å²) >= 11 is 0. The molecule has 2 aliphatic heterocycles. The maximum absolute atomic E-state index is 12.9. The van der Waals surface area contributed by atoms with Crippen molar-refractivity contribution in [3.05, 3.63) is 47.3 Å². The second-order valence-corrected chi connectivity index (χ2v) is 8.66. The van der Waals surface area contributed by atoms with Crippen LogP contribution in [0.3, 0.4) is 0 Å². The molecule has 2 aromatic rings. The van der Waals surface area contributed by atoms with E-state index in [0.717, 1.165) is 56.7 Å². The van der Waals surface area contributed by atoms with Crippen LogP contribution in [0.15, 0.2) is 30.5 Å². The highest BCUT2D eigenvalue weighted by atomic mass is 16.2. The van der Waals surface area contributed by atoms with Crippen molar-refractivity contribution in [2.75, 3.05) is 49.9 Å². The van der Waals surface area contributed by atoms with Gasteiger partial charge in [-0.15, -0.1) is 0 Å². The lowest BCUT2D eigenvalue weighted by molar-refractivity contribution is 0.0763. The van der Waals surface area contributed by atoms with Gasteiger partial charge in [0.25, 0.3) is 5.91 Å². The van der Waals surface area contributed by atoms with Gasteiger partial charge in [-0.3, -0.25) is 9.69 Å². The molecule has 1 aromatic carbocycles. The Morgan fingerprint density at radius 1 is 0.967 bits per heavy atom. The Kier molecular flexibility index (Phi) is 5.29. The number of fused-ring (bicyclic) bond motifs is 1. The molecular formula is C23H30N6O. The van der Waals surface area contributed by atoms with Gasteiger partial charge in [0.15, 0.2) is 0 Å². The maximum Gasteiger partial charge on any atom is 0.253 e. The number of nitrogens with two attached hydrogens (primary N) is 1. The summed E-state index contributed by atoms with van der Waals surface area (Å²) < 4.78 is 0. The standard InChI is InChI=1S/C23H30N6O/c24-19-6-4-17(5-7-19)22(30)28-10-8-18-16-25-23(26-21(18)9-11-28)29-14-12-27(13-15-29)20-2-1-3-20/h4-7,16,20H,1-3,8-15,24H2. The molecule has 7 heteroatoms. The third-order valence-electron chi connectivity index (χ3n) is 6.84. The summed E-state index contributed by atoms with van der Waals surface area (Å²) in [5.74, 6) is 0.906. The van der Waals surface area contributed by atoms with E-state index >= 15 is 0 Å². The van der Waals surface area contributed by atoms with E-state index in [1.807, 2.05) is 11.1 Å². The Balaban J connectivity index is 1.23. The normalized spacial score (nSPS) is 20.4. The molecule has 1 saturated heterocycles. The number of benzene rings is 1. The van der Waals surface area contributed by atoms with Crippen molar-refractivity contribution in [2.45, 2.75) is 38.1 Å². The second kappa shape index (κ2) is 8.22. The molecule has 0 atom stereocenters. The van der Waals surface area contributed by atoms with Crippen molar-refractivity contribution < 1.29 is 4.79 Å². The molecule has 0 radical (unpaired) electrons. The molecule has 158 valence electrons. The first-order chi connectivity index (χ1) is 14.7. The monoisotopic (exact) mass is 406 g/mol. The highest BCUT2D eigenvalue weighted by Gasteiger charge is 2.29. The van der Waals surface area contributed by atoms with Crippen molar-refractivity contribution in [3.63, 3.8) is 0 Å². The minimum absolute atomic E-state index is 0.0584. The fraction of sp³-hybridized carbons (Fsp3) is 0.522. The summed E-state index contributed by atoms with van der Waals surface area (Å²) in [6.07, 6.45) is 7.66. The fourth-order valence-corrected chi connectivity index (χ4v) is 4.67. The molecule has 1 saturated carbocycles. The predicted octanol–water partition coefficient (Wildman–Crippen LogP) is 1.97. The summed E-state index contributed by atoms with van der Waals surface area (Å²) in [4.78, 5) is 29.3. The zero-order valence-corrected chi connectivity index (χ0v) is 17.5. The van der Waals surface area contributed by atoms with Gasteiger partial charge in [0.1, 0.15) is 0 Å². The smallest absolute Gasteiger partial charge is 0.253 e. The Labute approximate surface area is 177 Å². The van der Waals surface area contributed by atoms with Crippen LogP contribution in [0.5, 0.6) is 0 Å². The molecule has 2 N–H and O–H groups in total. The minimum Gasteiger partial charge on any atom is -0.399 e. The molecule has 5 rings (SSSR count). The van der Waals surface area contributed by atoms with Crippen molar-refractivity contribution in [1.29, 1.82) is 0 Å². The fourth-order valence-electron chi connectivity index (χ4n) is 4.67. The zero-order valence-electron chi connectivity index (χ0n) is 17.5. The van der Waals surface area contributed by atoms with Gasteiger partial charge in [-0.25, -0.2) is 9.97 Å². The molecule has 1 amide bonds. The van der Waals surface area contributed by atoms with Crippen LogP contribution < -0.4 is 10.6 Å². The second-order valence-electron chi connectivity index (χ2n) is 8.66. The van der Waals surface area contributed by atoms with E-state index in [1.165, 1.54) is 24.8 Å². The molecule has 0 spiro atoms. The first-order valence-electron chi connectivity index (χ1n) is 11.2. The number of nitrogen functional groups attached to an aromatic ring is 1. The van der Waals surface area contributed by atoms with Crippen LogP contribution in [0.25, 0.3) is 0 Å². The van der Waals surface area contributed by atoms with Gasteiger partial charge in [0.05, 0.1) is 5.69 Å². The average Bonchev–Trinajstić information content (AvgIpc) is 2.95. The summed E-state index contributed by atoms with van der Waals surface area (Å²) in [5.41, 5.74) is 9.37. The lowest BCUT2D eigenvalue weighted by Crippen LogP contribution is -2.52. The van der Waals surface area contributed by atoms with E-state index in [2.05, 4.69) is 14.8 Å². The number of anilines is 2. The summed E-state index contributed by atoms with van der Waals surface area (Å²) in [7, 11) is 0. The lowest BCUT2D eigenvalue weighted by Gasteiger charge is -2.43. The molecular weight excluding hydrogens is 376 g/mol. The highest BCUT2D eigenvalue weighted by molar-refractivity contribution is 5.94. The molecule has 3 heterocycles. The van der Waals surface area contributed by atoms with E-state index in [9.17, 15) is 4.79 Å². The number of carbonyl (C=O) groups excluding carboxylic acids is 1. The summed E-state index contributed by atoms with van der Waals surface area (Å²) in [6.45, 7) is 5.58. The first-order valence-corrected chi connectivity index (χ1v) is 11.2.